The Bertz CT molecular complexity index is 361. The lowest BCUT2D eigenvalue weighted by atomic mass is 10.0. The van der Waals surface area contributed by atoms with Crippen molar-refractivity contribution in [1.82, 2.24) is 10.2 Å². The van der Waals surface area contributed by atoms with Crippen LogP contribution < -0.4 is 5.32 Å². The normalized spacial score (nSPS) is 18.8. The predicted octanol–water partition coefficient (Wildman–Crippen LogP) is 3.59. The molecule has 1 aromatic carbocycles. The van der Waals surface area contributed by atoms with E-state index < -0.39 is 0 Å². The van der Waals surface area contributed by atoms with Gasteiger partial charge in [0.1, 0.15) is 0 Å². The predicted molar refractivity (Wildman–Crippen MR) is 80.9 cm³/mol. The molecule has 100 valence electrons. The minimum atomic E-state index is 0.447. The van der Waals surface area contributed by atoms with Gasteiger partial charge in [0.2, 0.25) is 0 Å². The second kappa shape index (κ2) is 7.27. The van der Waals surface area contributed by atoms with Gasteiger partial charge < -0.3 is 10.2 Å². The first-order valence-electron chi connectivity index (χ1n) is 6.95. The van der Waals surface area contributed by atoms with Crippen LogP contribution in [0.5, 0.6) is 0 Å². The second-order valence-electron chi connectivity index (χ2n) is 5.05. The summed E-state index contributed by atoms with van der Waals surface area (Å²) in [5, 5.41) is 3.44. The number of hydrogen-bond acceptors (Lipinski definition) is 2. The standard InChI is InChI=1S/C15H23BrN2/c1-17-15(13-7-3-4-8-14(13)16)9-12-18-10-5-2-6-11-18/h3-4,7-8,15,17H,2,5-6,9-12H2,1H3. The molecule has 2 rings (SSSR count). The Morgan fingerprint density at radius 1 is 1.22 bits per heavy atom. The Morgan fingerprint density at radius 3 is 2.61 bits per heavy atom. The van der Waals surface area contributed by atoms with Gasteiger partial charge in [-0.3, -0.25) is 0 Å². The van der Waals surface area contributed by atoms with E-state index in [9.17, 15) is 0 Å². The zero-order valence-electron chi connectivity index (χ0n) is 11.2. The number of likely N-dealkylation sites (tertiary alicyclic amines) is 1. The number of piperidine rings is 1. The van der Waals surface area contributed by atoms with E-state index >= 15 is 0 Å². The minimum absolute atomic E-state index is 0.447. The zero-order chi connectivity index (χ0) is 12.8. The number of hydrogen-bond donors (Lipinski definition) is 1. The second-order valence-corrected chi connectivity index (χ2v) is 5.91. The molecule has 0 radical (unpaired) electrons. The van der Waals surface area contributed by atoms with Gasteiger partial charge in [-0.2, -0.15) is 0 Å². The Balaban J connectivity index is 1.91. The van der Waals surface area contributed by atoms with Crippen molar-refractivity contribution in [2.45, 2.75) is 31.7 Å². The van der Waals surface area contributed by atoms with Gasteiger partial charge in [-0.1, -0.05) is 40.5 Å². The summed E-state index contributed by atoms with van der Waals surface area (Å²) in [6.45, 7) is 3.77. The average Bonchev–Trinajstić information content (AvgIpc) is 2.42. The lowest BCUT2D eigenvalue weighted by Gasteiger charge is -2.28. The van der Waals surface area contributed by atoms with E-state index in [-0.39, 0.29) is 0 Å². The van der Waals surface area contributed by atoms with Crippen LogP contribution in [0, 0.1) is 0 Å². The smallest absolute Gasteiger partial charge is 0.0340 e. The highest BCUT2D eigenvalue weighted by atomic mass is 79.9. The summed E-state index contributed by atoms with van der Waals surface area (Å²) in [5.74, 6) is 0. The molecule has 1 aromatic rings. The largest absolute Gasteiger partial charge is 0.313 e. The van der Waals surface area contributed by atoms with Crippen molar-refractivity contribution in [1.29, 1.82) is 0 Å². The molecule has 0 saturated carbocycles. The van der Waals surface area contributed by atoms with Crippen molar-refractivity contribution in [3.63, 3.8) is 0 Å². The molecular formula is C15H23BrN2. The minimum Gasteiger partial charge on any atom is -0.313 e. The first kappa shape index (κ1) is 14.0. The van der Waals surface area contributed by atoms with Gasteiger partial charge in [0, 0.05) is 10.5 Å². The highest BCUT2D eigenvalue weighted by Gasteiger charge is 2.15. The fraction of sp³-hybridized carbons (Fsp3) is 0.600. The molecule has 0 aromatic heterocycles. The van der Waals surface area contributed by atoms with Crippen LogP contribution in [-0.2, 0) is 0 Å². The Morgan fingerprint density at radius 2 is 1.94 bits per heavy atom. The Kier molecular flexibility index (Phi) is 5.67. The molecule has 1 aliphatic heterocycles. The molecule has 1 atom stereocenters. The lowest BCUT2D eigenvalue weighted by molar-refractivity contribution is 0.218. The van der Waals surface area contributed by atoms with Crippen molar-refractivity contribution in [3.8, 4) is 0 Å². The first-order chi connectivity index (χ1) is 8.81. The van der Waals surface area contributed by atoms with Gasteiger partial charge in [-0.05, 0) is 57.6 Å². The maximum Gasteiger partial charge on any atom is 0.0340 e. The Hall–Kier alpha value is -0.380. The molecule has 0 amide bonds. The number of halogens is 1. The van der Waals surface area contributed by atoms with Crippen LogP contribution in [0.3, 0.4) is 0 Å². The first-order valence-corrected chi connectivity index (χ1v) is 7.74. The summed E-state index contributed by atoms with van der Waals surface area (Å²) < 4.78 is 1.21. The lowest BCUT2D eigenvalue weighted by Crippen LogP contribution is -2.32. The quantitative estimate of drug-likeness (QED) is 0.894. The van der Waals surface area contributed by atoms with E-state index in [1.807, 2.05) is 0 Å². The molecule has 1 N–H and O–H groups in total. The zero-order valence-corrected chi connectivity index (χ0v) is 12.7. The average molecular weight is 311 g/mol. The van der Waals surface area contributed by atoms with Crippen LogP contribution in [0.4, 0.5) is 0 Å². The van der Waals surface area contributed by atoms with E-state index in [0.717, 1.165) is 0 Å². The van der Waals surface area contributed by atoms with Crippen molar-refractivity contribution >= 4 is 15.9 Å². The van der Waals surface area contributed by atoms with Crippen LogP contribution in [-0.4, -0.2) is 31.6 Å². The van der Waals surface area contributed by atoms with Gasteiger partial charge in [-0.15, -0.1) is 0 Å². The van der Waals surface area contributed by atoms with Crippen molar-refractivity contribution in [3.05, 3.63) is 34.3 Å². The van der Waals surface area contributed by atoms with Gasteiger partial charge in [0.25, 0.3) is 0 Å². The van der Waals surface area contributed by atoms with Crippen LogP contribution in [0.1, 0.15) is 37.3 Å². The molecule has 3 heteroatoms. The summed E-state index contributed by atoms with van der Waals surface area (Å²) >= 11 is 3.65. The Labute approximate surface area is 119 Å². The van der Waals surface area contributed by atoms with E-state index in [2.05, 4.69) is 57.5 Å². The van der Waals surface area contributed by atoms with E-state index in [1.165, 1.54) is 55.4 Å². The molecule has 18 heavy (non-hydrogen) atoms. The molecule has 0 bridgehead atoms. The molecule has 1 saturated heterocycles. The van der Waals surface area contributed by atoms with E-state index in [4.69, 9.17) is 0 Å². The van der Waals surface area contributed by atoms with Crippen LogP contribution >= 0.6 is 15.9 Å². The van der Waals surface area contributed by atoms with Crippen LogP contribution in [0.15, 0.2) is 28.7 Å². The number of nitrogens with zero attached hydrogens (tertiary/aromatic N) is 1. The molecule has 1 heterocycles. The maximum atomic E-state index is 3.65. The summed E-state index contributed by atoms with van der Waals surface area (Å²) in [4.78, 5) is 2.60. The molecule has 1 aliphatic rings. The molecule has 2 nitrogen and oxygen atoms in total. The topological polar surface area (TPSA) is 15.3 Å². The van der Waals surface area contributed by atoms with Crippen molar-refractivity contribution < 1.29 is 0 Å². The van der Waals surface area contributed by atoms with E-state index in [1.54, 1.807) is 0 Å². The van der Waals surface area contributed by atoms with Crippen molar-refractivity contribution in [2.75, 3.05) is 26.7 Å². The molecule has 0 aliphatic carbocycles. The molecular weight excluding hydrogens is 288 g/mol. The number of nitrogens with one attached hydrogen (secondary N) is 1. The molecule has 1 fully saturated rings. The maximum absolute atomic E-state index is 3.65. The summed E-state index contributed by atoms with van der Waals surface area (Å²) in [5.41, 5.74) is 1.37. The van der Waals surface area contributed by atoms with Gasteiger partial charge >= 0.3 is 0 Å². The van der Waals surface area contributed by atoms with Gasteiger partial charge in [0.15, 0.2) is 0 Å². The summed E-state index contributed by atoms with van der Waals surface area (Å²) in [6, 6.07) is 8.97. The third-order valence-electron chi connectivity index (χ3n) is 3.81. The highest BCUT2D eigenvalue weighted by molar-refractivity contribution is 9.10. The highest BCUT2D eigenvalue weighted by Crippen LogP contribution is 2.25. The molecule has 1 unspecified atom stereocenters. The molecule has 0 spiro atoms. The van der Waals surface area contributed by atoms with Crippen LogP contribution in [0.25, 0.3) is 0 Å². The SMILES string of the molecule is CNC(CCN1CCCCC1)c1ccccc1Br. The summed E-state index contributed by atoms with van der Waals surface area (Å²) in [6.07, 6.45) is 5.34. The fourth-order valence-electron chi connectivity index (χ4n) is 2.71. The third kappa shape index (κ3) is 3.81. The number of rotatable bonds is 5. The van der Waals surface area contributed by atoms with E-state index in [0.29, 0.717) is 6.04 Å². The van der Waals surface area contributed by atoms with Gasteiger partial charge in [-0.25, -0.2) is 0 Å². The van der Waals surface area contributed by atoms with Gasteiger partial charge in [0.05, 0.1) is 0 Å². The fourth-order valence-corrected chi connectivity index (χ4v) is 3.27. The third-order valence-corrected chi connectivity index (χ3v) is 4.53. The monoisotopic (exact) mass is 310 g/mol. The van der Waals surface area contributed by atoms with Crippen molar-refractivity contribution in [2.24, 2.45) is 0 Å². The van der Waals surface area contributed by atoms with Crippen LogP contribution in [0.2, 0.25) is 0 Å². The summed E-state index contributed by atoms with van der Waals surface area (Å²) in [7, 11) is 2.06. The number of benzene rings is 1.